The van der Waals surface area contributed by atoms with Crippen LogP contribution in [0.15, 0.2) is 0 Å². The average molecular weight is 473 g/mol. The van der Waals surface area contributed by atoms with E-state index in [4.69, 9.17) is 0 Å². The van der Waals surface area contributed by atoms with E-state index in [2.05, 4.69) is 0 Å². The first-order valence-electron chi connectivity index (χ1n) is 12.5. The zero-order valence-electron chi connectivity index (χ0n) is 20.4. The first-order valence-corrected chi connectivity index (χ1v) is 14.0. The van der Waals surface area contributed by atoms with Crippen molar-refractivity contribution in [1.29, 1.82) is 0 Å². The minimum Gasteiger partial charge on any atom is -0.748 e. The molecule has 0 aliphatic carbocycles. The van der Waals surface area contributed by atoms with Gasteiger partial charge in [0.25, 0.3) is 0 Å². The van der Waals surface area contributed by atoms with Gasteiger partial charge in [-0.1, -0.05) is 116 Å². The fourth-order valence-corrected chi connectivity index (χ4v) is 4.89. The van der Waals surface area contributed by atoms with Crippen molar-refractivity contribution in [3.05, 3.63) is 0 Å². The number of hydrogen-bond donors (Lipinski definition) is 1. The van der Waals surface area contributed by atoms with E-state index in [0.717, 1.165) is 44.9 Å². The Balaban J connectivity index is 0. The van der Waals surface area contributed by atoms with Crippen molar-refractivity contribution >= 4 is 10.1 Å². The second kappa shape index (κ2) is 23.7. The van der Waals surface area contributed by atoms with Crippen LogP contribution in [0.1, 0.15) is 142 Å². The van der Waals surface area contributed by atoms with Gasteiger partial charge in [-0.15, -0.1) is 0 Å². The van der Waals surface area contributed by atoms with E-state index >= 15 is 0 Å². The van der Waals surface area contributed by atoms with Crippen molar-refractivity contribution in [3.63, 3.8) is 0 Å². The Hall–Kier alpha value is 1.51. The molecule has 2 unspecified atom stereocenters. The van der Waals surface area contributed by atoms with Gasteiger partial charge in [0.2, 0.25) is 0 Å². The molecule has 0 radical (unpaired) electrons. The number of unbranched alkanes of at least 4 members (excludes halogenated alkanes) is 15. The van der Waals surface area contributed by atoms with Crippen LogP contribution in [0.4, 0.5) is 0 Å². The van der Waals surface area contributed by atoms with E-state index in [9.17, 15) is 18.1 Å². The zero-order valence-corrected chi connectivity index (χ0v) is 24.3. The minimum atomic E-state index is -4.12. The van der Waals surface area contributed by atoms with E-state index in [-0.39, 0.29) is 57.5 Å². The molecule has 6 heteroatoms. The van der Waals surface area contributed by atoms with Crippen LogP contribution in [0.2, 0.25) is 0 Å². The SMILES string of the molecule is CCCCC(CCCCCCCCCCCCCCCCCC(C)O)S(=O)(=O)[O-].[K+]. The molecule has 0 saturated heterocycles. The molecule has 0 aromatic rings. The second-order valence-electron chi connectivity index (χ2n) is 8.99. The Morgan fingerprint density at radius 3 is 1.23 bits per heavy atom. The average Bonchev–Trinajstić information content (AvgIpc) is 2.65. The monoisotopic (exact) mass is 472 g/mol. The third-order valence-corrected chi connectivity index (χ3v) is 7.22. The topological polar surface area (TPSA) is 77.4 Å². The Labute approximate surface area is 230 Å². The van der Waals surface area contributed by atoms with Crippen LogP contribution in [-0.4, -0.2) is 29.4 Å². The molecule has 0 aliphatic heterocycles. The Bertz CT molecular complexity index is 440. The molecular formula is C24H49KO4S. The van der Waals surface area contributed by atoms with E-state index in [0.29, 0.717) is 12.8 Å². The molecule has 0 fully saturated rings. The van der Waals surface area contributed by atoms with E-state index < -0.39 is 15.4 Å². The van der Waals surface area contributed by atoms with Crippen LogP contribution >= 0.6 is 0 Å². The third kappa shape index (κ3) is 24.2. The molecule has 30 heavy (non-hydrogen) atoms. The van der Waals surface area contributed by atoms with Gasteiger partial charge in [-0.05, 0) is 26.2 Å². The van der Waals surface area contributed by atoms with Gasteiger partial charge < -0.3 is 9.66 Å². The Kier molecular flexibility index (Phi) is 26.6. The van der Waals surface area contributed by atoms with E-state index in [1.165, 1.54) is 70.6 Å². The van der Waals surface area contributed by atoms with Crippen LogP contribution < -0.4 is 51.4 Å². The summed E-state index contributed by atoms with van der Waals surface area (Å²) in [6.45, 7) is 3.90. The summed E-state index contributed by atoms with van der Waals surface area (Å²) < 4.78 is 33.9. The maximum atomic E-state index is 11.3. The molecule has 0 rings (SSSR count). The van der Waals surface area contributed by atoms with Gasteiger partial charge >= 0.3 is 51.4 Å². The molecular weight excluding hydrogens is 423 g/mol. The summed E-state index contributed by atoms with van der Waals surface area (Å²) in [6.07, 6.45) is 22.4. The van der Waals surface area contributed by atoms with E-state index in [1.807, 2.05) is 13.8 Å². The van der Waals surface area contributed by atoms with Gasteiger partial charge in [0.05, 0.1) is 16.2 Å². The molecule has 0 amide bonds. The molecule has 0 spiro atoms. The number of aliphatic hydroxyl groups excluding tert-OH is 1. The summed E-state index contributed by atoms with van der Waals surface area (Å²) in [5.74, 6) is 0. The molecule has 176 valence electrons. The first kappa shape index (κ1) is 33.7. The second-order valence-corrected chi connectivity index (χ2v) is 10.6. The van der Waals surface area contributed by atoms with Gasteiger partial charge in [0.15, 0.2) is 0 Å². The zero-order chi connectivity index (χ0) is 21.8. The molecule has 0 saturated carbocycles. The van der Waals surface area contributed by atoms with Crippen molar-refractivity contribution in [1.82, 2.24) is 0 Å². The summed E-state index contributed by atoms with van der Waals surface area (Å²) in [7, 11) is -4.12. The number of rotatable bonds is 22. The van der Waals surface area contributed by atoms with Crippen molar-refractivity contribution in [2.45, 2.75) is 154 Å². The Morgan fingerprint density at radius 2 is 0.933 bits per heavy atom. The maximum absolute atomic E-state index is 11.3. The van der Waals surface area contributed by atoms with Gasteiger partial charge in [0, 0.05) is 5.25 Å². The standard InChI is InChI=1S/C24H50O4S.K/c1-3-4-21-24(29(26,27)28)22-19-17-15-13-11-9-7-5-6-8-10-12-14-16-18-20-23(2)25;/h23-25H,3-22H2,1-2H3,(H,26,27,28);/q;+1/p-1. The predicted molar refractivity (Wildman–Crippen MR) is 123 cm³/mol. The summed E-state index contributed by atoms with van der Waals surface area (Å²) in [6, 6.07) is 0. The van der Waals surface area contributed by atoms with Crippen LogP contribution in [-0.2, 0) is 10.1 Å². The summed E-state index contributed by atoms with van der Waals surface area (Å²) in [5, 5.41) is 8.55. The fraction of sp³-hybridized carbons (Fsp3) is 1.00. The normalized spacial score (nSPS) is 13.7. The number of hydrogen-bond acceptors (Lipinski definition) is 4. The van der Waals surface area contributed by atoms with Crippen molar-refractivity contribution in [2.75, 3.05) is 0 Å². The molecule has 0 heterocycles. The van der Waals surface area contributed by atoms with Gasteiger partial charge in [-0.2, -0.15) is 0 Å². The minimum absolute atomic E-state index is 0. The summed E-state index contributed by atoms with van der Waals surface area (Å²) >= 11 is 0. The summed E-state index contributed by atoms with van der Waals surface area (Å²) in [5.41, 5.74) is 0. The van der Waals surface area contributed by atoms with E-state index in [1.54, 1.807) is 0 Å². The first-order chi connectivity index (χ1) is 13.9. The quantitative estimate of drug-likeness (QED) is 0.146. The van der Waals surface area contributed by atoms with Crippen LogP contribution in [0.3, 0.4) is 0 Å². The molecule has 0 bridgehead atoms. The third-order valence-electron chi connectivity index (χ3n) is 5.94. The van der Waals surface area contributed by atoms with Gasteiger partial charge in [0.1, 0.15) is 0 Å². The predicted octanol–water partition coefficient (Wildman–Crippen LogP) is 4.11. The smallest absolute Gasteiger partial charge is 0.748 e. The van der Waals surface area contributed by atoms with Crippen LogP contribution in [0.5, 0.6) is 0 Å². The molecule has 0 aromatic carbocycles. The van der Waals surface area contributed by atoms with Crippen LogP contribution in [0.25, 0.3) is 0 Å². The van der Waals surface area contributed by atoms with Crippen molar-refractivity contribution < 1.29 is 69.5 Å². The molecule has 1 N–H and O–H groups in total. The largest absolute Gasteiger partial charge is 1.00 e. The molecule has 2 atom stereocenters. The summed E-state index contributed by atoms with van der Waals surface area (Å²) in [4.78, 5) is 0. The van der Waals surface area contributed by atoms with Crippen molar-refractivity contribution in [3.8, 4) is 0 Å². The Morgan fingerprint density at radius 1 is 0.633 bits per heavy atom. The van der Waals surface area contributed by atoms with Gasteiger partial charge in [-0.25, -0.2) is 8.42 Å². The molecule has 0 aliphatic rings. The number of aliphatic hydroxyl groups is 1. The van der Waals surface area contributed by atoms with Crippen LogP contribution in [0, 0.1) is 0 Å². The van der Waals surface area contributed by atoms with Gasteiger partial charge in [-0.3, -0.25) is 0 Å². The fourth-order valence-electron chi connectivity index (χ4n) is 3.97. The molecule has 0 aromatic heterocycles. The molecule has 4 nitrogen and oxygen atoms in total. The van der Waals surface area contributed by atoms with Crippen molar-refractivity contribution in [2.24, 2.45) is 0 Å². The maximum Gasteiger partial charge on any atom is 1.00 e.